The Bertz CT molecular complexity index is 839. The number of halogens is 2. The largest absolute Gasteiger partial charge is 0.478 e. The molecule has 0 saturated carbocycles. The van der Waals surface area contributed by atoms with Gasteiger partial charge < -0.3 is 20.1 Å². The van der Waals surface area contributed by atoms with E-state index in [4.69, 9.17) is 9.84 Å². The van der Waals surface area contributed by atoms with Crippen molar-refractivity contribution in [3.05, 3.63) is 47.2 Å². The molecule has 2 heterocycles. The van der Waals surface area contributed by atoms with E-state index in [1.54, 1.807) is 6.07 Å². The van der Waals surface area contributed by atoms with Gasteiger partial charge in [-0.05, 0) is 18.2 Å². The molecule has 2 N–H and O–H groups in total. The maximum atomic E-state index is 13.4. The van der Waals surface area contributed by atoms with Crippen LogP contribution >= 0.6 is 0 Å². The van der Waals surface area contributed by atoms with Crippen LogP contribution in [-0.4, -0.2) is 53.5 Å². The number of carboxylic acid groups (broad SMARTS) is 1. The number of rotatable bonds is 4. The Morgan fingerprint density at radius 1 is 1.12 bits per heavy atom. The summed E-state index contributed by atoms with van der Waals surface area (Å²) >= 11 is 0. The quantitative estimate of drug-likeness (QED) is 0.848. The lowest BCUT2D eigenvalue weighted by Gasteiger charge is -2.27. The van der Waals surface area contributed by atoms with Crippen LogP contribution in [0.5, 0.6) is 0 Å². The number of amides is 1. The predicted molar refractivity (Wildman–Crippen MR) is 86.3 cm³/mol. The summed E-state index contributed by atoms with van der Waals surface area (Å²) in [7, 11) is 0. The number of ether oxygens (including phenoxy) is 1. The molecule has 1 aromatic carbocycles. The number of aromatic carboxylic acids is 1. The van der Waals surface area contributed by atoms with Crippen LogP contribution in [0.15, 0.2) is 24.3 Å². The number of benzene rings is 1. The molecule has 1 amide bonds. The van der Waals surface area contributed by atoms with Gasteiger partial charge in [0, 0.05) is 19.2 Å². The summed E-state index contributed by atoms with van der Waals surface area (Å²) in [6, 6.07) is 4.11. The van der Waals surface area contributed by atoms with Crippen LogP contribution < -0.4 is 10.2 Å². The van der Waals surface area contributed by atoms with Gasteiger partial charge >= 0.3 is 5.97 Å². The molecule has 1 aliphatic rings. The fourth-order valence-electron chi connectivity index (χ4n) is 2.42. The Balaban J connectivity index is 1.78. The molecule has 0 unspecified atom stereocenters. The second-order valence-electron chi connectivity index (χ2n) is 5.45. The van der Waals surface area contributed by atoms with Gasteiger partial charge in [-0.15, -0.1) is 10.2 Å². The maximum absolute atomic E-state index is 13.4. The molecule has 10 heteroatoms. The zero-order chi connectivity index (χ0) is 18.7. The highest BCUT2D eigenvalue weighted by Gasteiger charge is 2.19. The van der Waals surface area contributed by atoms with E-state index in [1.807, 2.05) is 4.90 Å². The summed E-state index contributed by atoms with van der Waals surface area (Å²) in [5, 5.41) is 19.0. The summed E-state index contributed by atoms with van der Waals surface area (Å²) in [4.78, 5) is 25.3. The molecular formula is C16H14F2N4O4. The lowest BCUT2D eigenvalue weighted by Crippen LogP contribution is -2.37. The zero-order valence-corrected chi connectivity index (χ0v) is 13.4. The highest BCUT2D eigenvalue weighted by Crippen LogP contribution is 2.21. The van der Waals surface area contributed by atoms with Gasteiger partial charge in [-0.2, -0.15) is 0 Å². The third-order valence-electron chi connectivity index (χ3n) is 3.76. The van der Waals surface area contributed by atoms with E-state index in [0.29, 0.717) is 44.3 Å². The molecule has 1 saturated heterocycles. The molecule has 1 aromatic heterocycles. The van der Waals surface area contributed by atoms with Crippen LogP contribution in [-0.2, 0) is 4.74 Å². The Morgan fingerprint density at radius 3 is 2.42 bits per heavy atom. The van der Waals surface area contributed by atoms with Gasteiger partial charge in [0.15, 0.2) is 23.1 Å². The van der Waals surface area contributed by atoms with Crippen molar-refractivity contribution in [3.63, 3.8) is 0 Å². The summed E-state index contributed by atoms with van der Waals surface area (Å²) in [6.07, 6.45) is 0. The van der Waals surface area contributed by atoms with Crippen molar-refractivity contribution in [3.8, 4) is 0 Å². The average molecular weight is 364 g/mol. The molecule has 3 rings (SSSR count). The van der Waals surface area contributed by atoms with Gasteiger partial charge in [-0.25, -0.2) is 13.6 Å². The Labute approximate surface area is 146 Å². The number of hydrogen-bond donors (Lipinski definition) is 2. The first-order valence-corrected chi connectivity index (χ1v) is 7.66. The van der Waals surface area contributed by atoms with E-state index in [0.717, 1.165) is 0 Å². The van der Waals surface area contributed by atoms with E-state index in [9.17, 15) is 18.4 Å². The predicted octanol–water partition coefficient (Wildman–Crippen LogP) is 1.54. The van der Waals surface area contributed by atoms with Gasteiger partial charge in [0.25, 0.3) is 5.91 Å². The smallest absolute Gasteiger partial charge is 0.337 e. The second kappa shape index (κ2) is 7.40. The standard InChI is InChI=1S/C16H14F2N4O4/c17-10-7-9(16(24)25)13(8-11(10)18)19-15(23)12-1-2-14(21-20-12)22-3-5-26-6-4-22/h1-2,7-8H,3-6H2,(H,19,23)(H,24,25). The highest BCUT2D eigenvalue weighted by molar-refractivity contribution is 6.06. The molecule has 0 aliphatic carbocycles. The van der Waals surface area contributed by atoms with E-state index < -0.39 is 29.1 Å². The number of nitrogens with one attached hydrogen (secondary N) is 1. The minimum Gasteiger partial charge on any atom is -0.478 e. The molecule has 8 nitrogen and oxygen atoms in total. The molecule has 26 heavy (non-hydrogen) atoms. The van der Waals surface area contributed by atoms with Crippen molar-refractivity contribution < 1.29 is 28.2 Å². The van der Waals surface area contributed by atoms with E-state index >= 15 is 0 Å². The van der Waals surface area contributed by atoms with Crippen LogP contribution in [0.1, 0.15) is 20.8 Å². The van der Waals surface area contributed by atoms with Gasteiger partial charge in [0.2, 0.25) is 0 Å². The summed E-state index contributed by atoms with van der Waals surface area (Å²) < 4.78 is 31.8. The second-order valence-corrected chi connectivity index (χ2v) is 5.45. The molecule has 0 spiro atoms. The molecular weight excluding hydrogens is 350 g/mol. The zero-order valence-electron chi connectivity index (χ0n) is 13.4. The Kier molecular flexibility index (Phi) is 5.03. The van der Waals surface area contributed by atoms with E-state index in [1.165, 1.54) is 6.07 Å². The third-order valence-corrected chi connectivity index (χ3v) is 3.76. The van der Waals surface area contributed by atoms with Crippen molar-refractivity contribution >= 4 is 23.4 Å². The number of carboxylic acids is 1. The fourth-order valence-corrected chi connectivity index (χ4v) is 2.42. The van der Waals surface area contributed by atoms with Crippen molar-refractivity contribution in [1.82, 2.24) is 10.2 Å². The molecule has 136 valence electrons. The molecule has 1 aliphatic heterocycles. The first-order chi connectivity index (χ1) is 12.5. The van der Waals surface area contributed by atoms with Crippen LogP contribution in [0.2, 0.25) is 0 Å². The maximum Gasteiger partial charge on any atom is 0.337 e. The molecule has 1 fully saturated rings. The Morgan fingerprint density at radius 2 is 1.81 bits per heavy atom. The molecule has 0 radical (unpaired) electrons. The van der Waals surface area contributed by atoms with Crippen molar-refractivity contribution in [1.29, 1.82) is 0 Å². The number of carbonyl (C=O) groups is 2. The third kappa shape index (κ3) is 3.75. The van der Waals surface area contributed by atoms with Crippen LogP contribution in [0.25, 0.3) is 0 Å². The first kappa shape index (κ1) is 17.7. The van der Waals surface area contributed by atoms with Gasteiger partial charge in [-0.1, -0.05) is 0 Å². The van der Waals surface area contributed by atoms with E-state index in [-0.39, 0.29) is 11.4 Å². The van der Waals surface area contributed by atoms with Gasteiger partial charge in [-0.3, -0.25) is 4.79 Å². The molecule has 0 atom stereocenters. The van der Waals surface area contributed by atoms with Gasteiger partial charge in [0.05, 0.1) is 24.5 Å². The topological polar surface area (TPSA) is 105 Å². The lowest BCUT2D eigenvalue weighted by atomic mass is 10.1. The van der Waals surface area contributed by atoms with Crippen LogP contribution in [0.4, 0.5) is 20.3 Å². The fraction of sp³-hybridized carbons (Fsp3) is 0.250. The normalized spacial score (nSPS) is 14.2. The van der Waals surface area contributed by atoms with Crippen LogP contribution in [0.3, 0.4) is 0 Å². The van der Waals surface area contributed by atoms with Gasteiger partial charge in [0.1, 0.15) is 0 Å². The molecule has 2 aromatic rings. The number of carbonyl (C=O) groups excluding carboxylic acids is 1. The molecule has 0 bridgehead atoms. The number of morpholine rings is 1. The number of hydrogen-bond acceptors (Lipinski definition) is 6. The van der Waals surface area contributed by atoms with Crippen LogP contribution in [0, 0.1) is 11.6 Å². The summed E-state index contributed by atoms with van der Waals surface area (Å²) in [5.74, 6) is -4.33. The SMILES string of the molecule is O=C(Nc1cc(F)c(F)cc1C(=O)O)c1ccc(N2CCOCC2)nn1. The van der Waals surface area contributed by atoms with Crippen molar-refractivity contribution in [2.45, 2.75) is 0 Å². The minimum absolute atomic E-state index is 0.0944. The summed E-state index contributed by atoms with van der Waals surface area (Å²) in [6.45, 7) is 2.43. The number of nitrogens with zero attached hydrogens (tertiary/aromatic N) is 3. The average Bonchev–Trinajstić information content (AvgIpc) is 2.65. The number of aromatic nitrogens is 2. The first-order valence-electron chi connectivity index (χ1n) is 7.66. The highest BCUT2D eigenvalue weighted by atomic mass is 19.2. The lowest BCUT2D eigenvalue weighted by molar-refractivity contribution is 0.0697. The van der Waals surface area contributed by atoms with E-state index in [2.05, 4.69) is 15.5 Å². The minimum atomic E-state index is -1.51. The monoisotopic (exact) mass is 364 g/mol. The summed E-state index contributed by atoms with van der Waals surface area (Å²) in [5.41, 5.74) is -1.04. The van der Waals surface area contributed by atoms with Crippen molar-refractivity contribution in [2.24, 2.45) is 0 Å². The Hall–Kier alpha value is -3.14. The number of anilines is 2. The van der Waals surface area contributed by atoms with Crippen molar-refractivity contribution in [2.75, 3.05) is 36.5 Å².